The van der Waals surface area contributed by atoms with Gasteiger partial charge >= 0.3 is 0 Å². The minimum Gasteiger partial charge on any atom is -0.255 e. The molecule has 158 valence electrons. The molecule has 0 aliphatic heterocycles. The first kappa shape index (κ1) is 20.5. The van der Waals surface area contributed by atoms with E-state index in [2.05, 4.69) is 120 Å². The van der Waals surface area contributed by atoms with Crippen LogP contribution in [-0.2, 0) is 5.41 Å². The van der Waals surface area contributed by atoms with Crippen molar-refractivity contribution >= 4 is 21.5 Å². The van der Waals surface area contributed by atoms with E-state index in [1.165, 1.54) is 54.9 Å². The average Bonchev–Trinajstić information content (AvgIpc) is 2.77. The van der Waals surface area contributed by atoms with Gasteiger partial charge in [-0.2, -0.15) is 0 Å². The molecule has 0 saturated carbocycles. The van der Waals surface area contributed by atoms with E-state index in [1.807, 2.05) is 0 Å². The average molecular weight is 416 g/mol. The second-order valence-electron chi connectivity index (χ2n) is 9.91. The number of aromatic nitrogens is 1. The molecule has 0 atom stereocenters. The Morgan fingerprint density at radius 1 is 0.625 bits per heavy atom. The molecule has 0 aliphatic carbocycles. The zero-order chi connectivity index (χ0) is 22.5. The van der Waals surface area contributed by atoms with E-state index in [9.17, 15) is 0 Å². The van der Waals surface area contributed by atoms with Gasteiger partial charge in [0.05, 0.1) is 5.69 Å². The number of benzene rings is 4. The molecule has 0 saturated heterocycles. The molecule has 0 aliphatic rings. The summed E-state index contributed by atoms with van der Waals surface area (Å²) >= 11 is 0. The summed E-state index contributed by atoms with van der Waals surface area (Å²) in [5.41, 5.74) is 8.55. The van der Waals surface area contributed by atoms with Crippen molar-refractivity contribution in [2.75, 3.05) is 0 Å². The van der Waals surface area contributed by atoms with Gasteiger partial charge in [0.25, 0.3) is 0 Å². The Hall–Kier alpha value is -3.45. The number of aryl methyl sites for hydroxylation is 2. The molecule has 0 unspecified atom stereocenters. The van der Waals surface area contributed by atoms with Crippen molar-refractivity contribution in [3.05, 3.63) is 102 Å². The van der Waals surface area contributed by atoms with Crippen LogP contribution in [0.2, 0.25) is 0 Å². The van der Waals surface area contributed by atoms with Gasteiger partial charge in [-0.25, -0.2) is 0 Å². The Balaban J connectivity index is 1.99. The first-order valence-electron chi connectivity index (χ1n) is 11.3. The van der Waals surface area contributed by atoms with E-state index in [1.54, 1.807) is 0 Å². The fourth-order valence-corrected chi connectivity index (χ4v) is 4.90. The van der Waals surface area contributed by atoms with Crippen LogP contribution in [0.5, 0.6) is 0 Å². The second kappa shape index (κ2) is 7.60. The summed E-state index contributed by atoms with van der Waals surface area (Å²) < 4.78 is 0. The normalized spacial score (nSPS) is 11.9. The molecule has 1 heteroatoms. The molecule has 0 bridgehead atoms. The molecular weight excluding hydrogens is 386 g/mol. The second-order valence-corrected chi connectivity index (χ2v) is 9.91. The summed E-state index contributed by atoms with van der Waals surface area (Å²) in [6, 6.07) is 28.6. The van der Waals surface area contributed by atoms with E-state index in [-0.39, 0.29) is 5.41 Å². The van der Waals surface area contributed by atoms with Crippen LogP contribution in [0.15, 0.2) is 85.1 Å². The highest BCUT2D eigenvalue weighted by Crippen LogP contribution is 2.42. The third kappa shape index (κ3) is 3.48. The lowest BCUT2D eigenvalue weighted by atomic mass is 9.80. The van der Waals surface area contributed by atoms with Gasteiger partial charge < -0.3 is 0 Å². The molecule has 0 fully saturated rings. The van der Waals surface area contributed by atoms with Gasteiger partial charge in [-0.15, -0.1) is 0 Å². The lowest BCUT2D eigenvalue weighted by molar-refractivity contribution is 0.596. The summed E-state index contributed by atoms with van der Waals surface area (Å²) in [5, 5.41) is 5.09. The largest absolute Gasteiger partial charge is 0.255 e. The molecule has 0 amide bonds. The molecule has 5 rings (SSSR count). The van der Waals surface area contributed by atoms with Crippen LogP contribution < -0.4 is 0 Å². The lowest BCUT2D eigenvalue weighted by Gasteiger charge is -2.24. The number of pyridine rings is 1. The van der Waals surface area contributed by atoms with E-state index >= 15 is 0 Å². The zero-order valence-corrected chi connectivity index (χ0v) is 19.5. The topological polar surface area (TPSA) is 12.9 Å². The van der Waals surface area contributed by atoms with Gasteiger partial charge in [-0.3, -0.25) is 4.98 Å². The van der Waals surface area contributed by atoms with Gasteiger partial charge in [0.1, 0.15) is 0 Å². The summed E-state index contributed by atoms with van der Waals surface area (Å²) in [6.45, 7) is 11.2. The molecule has 0 spiro atoms. The van der Waals surface area contributed by atoms with Crippen LogP contribution in [0.25, 0.3) is 43.9 Å². The van der Waals surface area contributed by atoms with Crippen LogP contribution in [-0.4, -0.2) is 4.98 Å². The zero-order valence-electron chi connectivity index (χ0n) is 19.5. The van der Waals surface area contributed by atoms with E-state index in [0.29, 0.717) is 0 Å². The monoisotopic (exact) mass is 415 g/mol. The maximum absolute atomic E-state index is 5.08. The third-order valence-electron chi connectivity index (χ3n) is 6.28. The first-order chi connectivity index (χ1) is 15.3. The number of rotatable bonds is 2. The standard InChI is InChI=1S/C31H29N/c1-20-15-21(2)17-23(16-20)30-29-25-14-10-9-13-24(25)28(31(3,4)5)18-26(29)27(19-32-30)22-11-7-6-8-12-22/h6-19H,1-5H3. The summed E-state index contributed by atoms with van der Waals surface area (Å²) in [6.07, 6.45) is 2.06. The lowest BCUT2D eigenvalue weighted by Crippen LogP contribution is -2.12. The fraction of sp³-hybridized carbons (Fsp3) is 0.194. The highest BCUT2D eigenvalue weighted by Gasteiger charge is 2.22. The molecule has 32 heavy (non-hydrogen) atoms. The Labute approximate surface area is 190 Å². The molecular formula is C31H29N. The molecule has 1 heterocycles. The van der Waals surface area contributed by atoms with Gasteiger partial charge in [-0.05, 0) is 64.7 Å². The quantitative estimate of drug-likeness (QED) is 0.263. The third-order valence-corrected chi connectivity index (χ3v) is 6.28. The molecule has 4 aromatic carbocycles. The Morgan fingerprint density at radius 2 is 1.25 bits per heavy atom. The number of hydrogen-bond donors (Lipinski definition) is 0. The summed E-state index contributed by atoms with van der Waals surface area (Å²) in [7, 11) is 0. The minimum atomic E-state index is 0.0328. The maximum Gasteiger partial charge on any atom is 0.0787 e. The van der Waals surface area contributed by atoms with Crippen LogP contribution in [0, 0.1) is 13.8 Å². The number of hydrogen-bond acceptors (Lipinski definition) is 1. The van der Waals surface area contributed by atoms with Crippen molar-refractivity contribution in [3.63, 3.8) is 0 Å². The predicted molar refractivity (Wildman–Crippen MR) is 138 cm³/mol. The van der Waals surface area contributed by atoms with Crippen LogP contribution in [0.4, 0.5) is 0 Å². The van der Waals surface area contributed by atoms with Gasteiger partial charge in [0.2, 0.25) is 0 Å². The van der Waals surface area contributed by atoms with Crippen molar-refractivity contribution in [1.29, 1.82) is 0 Å². The highest BCUT2D eigenvalue weighted by molar-refractivity contribution is 6.18. The minimum absolute atomic E-state index is 0.0328. The SMILES string of the molecule is Cc1cc(C)cc(-c2ncc(-c3ccccc3)c3cc(C(C)(C)C)c4ccccc4c23)c1. The number of fused-ring (bicyclic) bond motifs is 3. The van der Waals surface area contributed by atoms with E-state index < -0.39 is 0 Å². The first-order valence-corrected chi connectivity index (χ1v) is 11.3. The van der Waals surface area contributed by atoms with Crippen molar-refractivity contribution in [3.8, 4) is 22.4 Å². The molecule has 0 N–H and O–H groups in total. The van der Waals surface area contributed by atoms with Gasteiger partial charge in [0.15, 0.2) is 0 Å². The van der Waals surface area contributed by atoms with Crippen LogP contribution in [0.1, 0.15) is 37.5 Å². The Bertz CT molecular complexity index is 1430. The van der Waals surface area contributed by atoms with Gasteiger partial charge in [0, 0.05) is 22.7 Å². The predicted octanol–water partition coefficient (Wildman–Crippen LogP) is 8.64. The molecule has 0 radical (unpaired) electrons. The fourth-order valence-electron chi connectivity index (χ4n) is 4.90. The van der Waals surface area contributed by atoms with E-state index in [4.69, 9.17) is 4.98 Å². The molecule has 5 aromatic rings. The Morgan fingerprint density at radius 3 is 1.91 bits per heavy atom. The summed E-state index contributed by atoms with van der Waals surface area (Å²) in [4.78, 5) is 5.08. The van der Waals surface area contributed by atoms with Crippen LogP contribution >= 0.6 is 0 Å². The van der Waals surface area contributed by atoms with Gasteiger partial charge in [-0.1, -0.05) is 92.6 Å². The van der Waals surface area contributed by atoms with E-state index in [0.717, 1.165) is 5.69 Å². The van der Waals surface area contributed by atoms with Crippen molar-refractivity contribution in [2.24, 2.45) is 0 Å². The molecule has 1 aromatic heterocycles. The molecule has 1 nitrogen and oxygen atoms in total. The van der Waals surface area contributed by atoms with Crippen molar-refractivity contribution < 1.29 is 0 Å². The van der Waals surface area contributed by atoms with Crippen molar-refractivity contribution in [1.82, 2.24) is 4.98 Å². The number of nitrogens with zero attached hydrogens (tertiary/aromatic N) is 1. The maximum atomic E-state index is 5.08. The Kier molecular flexibility index (Phi) is 4.86. The van der Waals surface area contributed by atoms with Crippen LogP contribution in [0.3, 0.4) is 0 Å². The highest BCUT2D eigenvalue weighted by atomic mass is 14.7. The van der Waals surface area contributed by atoms with Crippen molar-refractivity contribution in [2.45, 2.75) is 40.0 Å². The summed E-state index contributed by atoms with van der Waals surface area (Å²) in [5.74, 6) is 0. The smallest absolute Gasteiger partial charge is 0.0787 e.